The predicted octanol–water partition coefficient (Wildman–Crippen LogP) is 1.42. The molecule has 0 radical (unpaired) electrons. The second-order valence-electron chi connectivity index (χ2n) is 6.38. The van der Waals surface area contributed by atoms with Crippen LogP contribution in [0.4, 0.5) is 0 Å². The van der Waals surface area contributed by atoms with E-state index in [0.29, 0.717) is 0 Å². The summed E-state index contributed by atoms with van der Waals surface area (Å²) in [5, 5.41) is 3.32. The van der Waals surface area contributed by atoms with E-state index in [2.05, 4.69) is 31.0 Å². The van der Waals surface area contributed by atoms with Crippen LogP contribution in [0.25, 0.3) is 0 Å². The number of morpholine rings is 1. The summed E-state index contributed by atoms with van der Waals surface area (Å²) in [5.41, 5.74) is -0.704. The molecule has 5 heteroatoms. The summed E-state index contributed by atoms with van der Waals surface area (Å²) in [5.74, 6) is -0.182. The SMILES string of the molecule is CCCNC(C)(CCN1CCOC(C)(C)C1)C(=O)OC. The average Bonchev–Trinajstić information content (AvgIpc) is 2.41. The summed E-state index contributed by atoms with van der Waals surface area (Å²) in [6, 6.07) is 0. The van der Waals surface area contributed by atoms with Gasteiger partial charge in [0, 0.05) is 19.6 Å². The Morgan fingerprint density at radius 2 is 2.20 bits per heavy atom. The van der Waals surface area contributed by atoms with Gasteiger partial charge < -0.3 is 14.8 Å². The lowest BCUT2D eigenvalue weighted by atomic mass is 9.96. The maximum Gasteiger partial charge on any atom is 0.325 e. The van der Waals surface area contributed by atoms with Gasteiger partial charge in [0.1, 0.15) is 5.54 Å². The highest BCUT2D eigenvalue weighted by atomic mass is 16.5. The smallest absolute Gasteiger partial charge is 0.325 e. The van der Waals surface area contributed by atoms with Crippen LogP contribution in [0.1, 0.15) is 40.5 Å². The Labute approximate surface area is 123 Å². The van der Waals surface area contributed by atoms with Gasteiger partial charge in [0.2, 0.25) is 0 Å². The van der Waals surface area contributed by atoms with Crippen molar-refractivity contribution in [3.05, 3.63) is 0 Å². The summed E-state index contributed by atoms with van der Waals surface area (Å²) in [4.78, 5) is 14.4. The van der Waals surface area contributed by atoms with Crippen LogP contribution in [0.15, 0.2) is 0 Å². The highest BCUT2D eigenvalue weighted by Crippen LogP contribution is 2.19. The molecule has 0 aromatic carbocycles. The molecule has 1 fully saturated rings. The van der Waals surface area contributed by atoms with Crippen molar-refractivity contribution >= 4 is 5.97 Å². The molecule has 20 heavy (non-hydrogen) atoms. The normalized spacial score (nSPS) is 22.2. The molecule has 5 nitrogen and oxygen atoms in total. The average molecular weight is 286 g/mol. The van der Waals surface area contributed by atoms with Gasteiger partial charge in [-0.2, -0.15) is 0 Å². The van der Waals surface area contributed by atoms with Gasteiger partial charge in [0.25, 0.3) is 0 Å². The van der Waals surface area contributed by atoms with Gasteiger partial charge in [0.15, 0.2) is 0 Å². The van der Waals surface area contributed by atoms with Crippen molar-refractivity contribution in [2.45, 2.75) is 51.7 Å². The topological polar surface area (TPSA) is 50.8 Å². The molecule has 0 spiro atoms. The first-order valence-electron chi connectivity index (χ1n) is 7.53. The Balaban J connectivity index is 2.55. The number of nitrogens with one attached hydrogen (secondary N) is 1. The molecule has 0 bridgehead atoms. The number of carbonyl (C=O) groups excluding carboxylic acids is 1. The van der Waals surface area contributed by atoms with E-state index in [4.69, 9.17) is 9.47 Å². The minimum atomic E-state index is -0.604. The minimum Gasteiger partial charge on any atom is -0.468 e. The number of nitrogens with zero attached hydrogens (tertiary/aromatic N) is 1. The van der Waals surface area contributed by atoms with Gasteiger partial charge in [0.05, 0.1) is 19.3 Å². The number of hydrogen-bond acceptors (Lipinski definition) is 5. The molecule has 1 rings (SSSR count). The Kier molecular flexibility index (Phi) is 6.43. The van der Waals surface area contributed by atoms with Crippen molar-refractivity contribution < 1.29 is 14.3 Å². The van der Waals surface area contributed by atoms with Gasteiger partial charge >= 0.3 is 5.97 Å². The first-order valence-corrected chi connectivity index (χ1v) is 7.53. The minimum absolute atomic E-state index is 0.100. The Morgan fingerprint density at radius 1 is 1.50 bits per heavy atom. The van der Waals surface area contributed by atoms with Crippen LogP contribution in [-0.2, 0) is 14.3 Å². The second kappa shape index (κ2) is 7.38. The van der Waals surface area contributed by atoms with E-state index in [1.165, 1.54) is 7.11 Å². The zero-order chi connectivity index (χ0) is 15.2. The number of carbonyl (C=O) groups is 1. The molecule has 118 valence electrons. The maximum absolute atomic E-state index is 12.0. The number of methoxy groups -OCH3 is 1. The molecule has 0 aliphatic carbocycles. The first kappa shape index (κ1) is 17.4. The molecule has 0 aromatic heterocycles. The molecule has 1 N–H and O–H groups in total. The zero-order valence-corrected chi connectivity index (χ0v) is 13.6. The number of rotatable bonds is 7. The molecule has 0 saturated carbocycles. The van der Waals surface area contributed by atoms with Gasteiger partial charge in [-0.3, -0.25) is 9.69 Å². The van der Waals surface area contributed by atoms with Crippen molar-refractivity contribution in [3.8, 4) is 0 Å². The fraction of sp³-hybridized carbons (Fsp3) is 0.933. The largest absolute Gasteiger partial charge is 0.468 e. The van der Waals surface area contributed by atoms with Crippen molar-refractivity contribution in [2.24, 2.45) is 0 Å². The lowest BCUT2D eigenvalue weighted by Crippen LogP contribution is -2.54. The van der Waals surface area contributed by atoms with E-state index in [-0.39, 0.29) is 11.6 Å². The molecule has 1 heterocycles. The van der Waals surface area contributed by atoms with Crippen molar-refractivity contribution in [1.82, 2.24) is 10.2 Å². The predicted molar refractivity (Wildman–Crippen MR) is 79.8 cm³/mol. The van der Waals surface area contributed by atoms with E-state index in [0.717, 1.165) is 45.6 Å². The standard InChI is InChI=1S/C15H30N2O3/c1-6-8-16-15(4,13(18)19-5)7-9-17-10-11-20-14(2,3)12-17/h16H,6-12H2,1-5H3. The van der Waals surface area contributed by atoms with Crippen LogP contribution < -0.4 is 5.32 Å². The fourth-order valence-electron chi connectivity index (χ4n) is 2.58. The fourth-order valence-corrected chi connectivity index (χ4v) is 2.58. The van der Waals surface area contributed by atoms with Crippen molar-refractivity contribution in [1.29, 1.82) is 0 Å². The molecule has 1 atom stereocenters. The summed E-state index contributed by atoms with van der Waals surface area (Å²) in [6.07, 6.45) is 1.74. The molecule has 1 aliphatic rings. The number of esters is 1. The van der Waals surface area contributed by atoms with E-state index in [1.54, 1.807) is 0 Å². The number of ether oxygens (including phenoxy) is 2. The highest BCUT2D eigenvalue weighted by molar-refractivity contribution is 5.80. The summed E-state index contributed by atoms with van der Waals surface area (Å²) < 4.78 is 10.7. The Hall–Kier alpha value is -0.650. The quantitative estimate of drug-likeness (QED) is 0.717. The van der Waals surface area contributed by atoms with Crippen molar-refractivity contribution in [3.63, 3.8) is 0 Å². The van der Waals surface area contributed by atoms with Gasteiger partial charge in [-0.05, 0) is 40.2 Å². The lowest BCUT2D eigenvalue weighted by Gasteiger charge is -2.39. The molecule has 1 saturated heterocycles. The molecule has 1 unspecified atom stereocenters. The summed E-state index contributed by atoms with van der Waals surface area (Å²) >= 11 is 0. The van der Waals surface area contributed by atoms with Gasteiger partial charge in [-0.15, -0.1) is 0 Å². The van der Waals surface area contributed by atoms with Crippen LogP contribution in [-0.4, -0.2) is 61.9 Å². The molecule has 0 amide bonds. The van der Waals surface area contributed by atoms with E-state index in [9.17, 15) is 4.79 Å². The lowest BCUT2D eigenvalue weighted by molar-refractivity contribution is -0.148. The highest BCUT2D eigenvalue weighted by Gasteiger charge is 2.35. The third kappa shape index (κ3) is 5.04. The van der Waals surface area contributed by atoms with E-state index in [1.807, 2.05) is 6.92 Å². The van der Waals surface area contributed by atoms with Crippen LogP contribution in [0.3, 0.4) is 0 Å². The zero-order valence-electron chi connectivity index (χ0n) is 13.6. The number of hydrogen-bond donors (Lipinski definition) is 1. The van der Waals surface area contributed by atoms with E-state index < -0.39 is 5.54 Å². The third-order valence-electron chi connectivity index (χ3n) is 3.83. The van der Waals surface area contributed by atoms with E-state index >= 15 is 0 Å². The van der Waals surface area contributed by atoms with Crippen LogP contribution in [0.5, 0.6) is 0 Å². The van der Waals surface area contributed by atoms with Crippen LogP contribution >= 0.6 is 0 Å². The Bertz CT molecular complexity index is 320. The van der Waals surface area contributed by atoms with Crippen LogP contribution in [0.2, 0.25) is 0 Å². The summed E-state index contributed by atoms with van der Waals surface area (Å²) in [6.45, 7) is 12.5. The molecule has 1 aliphatic heterocycles. The van der Waals surface area contributed by atoms with Crippen LogP contribution in [0, 0.1) is 0 Å². The van der Waals surface area contributed by atoms with Crippen molar-refractivity contribution in [2.75, 3.05) is 39.9 Å². The maximum atomic E-state index is 12.0. The molecular weight excluding hydrogens is 256 g/mol. The monoisotopic (exact) mass is 286 g/mol. The first-order chi connectivity index (χ1) is 9.33. The van der Waals surface area contributed by atoms with Gasteiger partial charge in [-0.1, -0.05) is 6.92 Å². The molecule has 0 aromatic rings. The van der Waals surface area contributed by atoms with Gasteiger partial charge in [-0.25, -0.2) is 0 Å². The molecular formula is C15H30N2O3. The Morgan fingerprint density at radius 3 is 2.75 bits per heavy atom. The third-order valence-corrected chi connectivity index (χ3v) is 3.83. The second-order valence-corrected chi connectivity index (χ2v) is 6.38. The summed E-state index contributed by atoms with van der Waals surface area (Å²) in [7, 11) is 1.45.